The Labute approximate surface area is 153 Å². The minimum atomic E-state index is -0.353. The van der Waals surface area contributed by atoms with E-state index in [1.165, 1.54) is 4.90 Å². The number of likely N-dealkylation sites (N-methyl/N-ethyl adjacent to an activating group) is 1. The molecule has 26 heavy (non-hydrogen) atoms. The van der Waals surface area contributed by atoms with E-state index in [9.17, 15) is 9.59 Å². The summed E-state index contributed by atoms with van der Waals surface area (Å²) in [5.74, 6) is -0.0725. The first-order valence-corrected chi connectivity index (χ1v) is 8.28. The second-order valence-electron chi connectivity index (χ2n) is 5.67. The Morgan fingerprint density at radius 3 is 2.50 bits per heavy atom. The topological polar surface area (TPSA) is 82.4 Å². The zero-order valence-corrected chi connectivity index (χ0v) is 14.9. The monoisotopic (exact) mass is 351 g/mol. The number of benzene rings is 2. The van der Waals surface area contributed by atoms with E-state index < -0.39 is 0 Å². The van der Waals surface area contributed by atoms with E-state index in [1.807, 2.05) is 6.92 Å². The number of rotatable bonds is 7. The SMILES string of the molecule is CCOc1ccccc1C(=O)NCC(=O)N(C)Cc1ccc(C#N)cc1. The zero-order chi connectivity index (χ0) is 18.9. The van der Waals surface area contributed by atoms with Gasteiger partial charge in [-0.2, -0.15) is 5.26 Å². The molecule has 0 bridgehead atoms. The summed E-state index contributed by atoms with van der Waals surface area (Å²) < 4.78 is 5.43. The minimum absolute atomic E-state index is 0.105. The van der Waals surface area contributed by atoms with Gasteiger partial charge in [0.25, 0.3) is 5.91 Å². The Morgan fingerprint density at radius 1 is 1.15 bits per heavy atom. The highest BCUT2D eigenvalue weighted by atomic mass is 16.5. The quantitative estimate of drug-likeness (QED) is 0.830. The molecule has 0 spiro atoms. The van der Waals surface area contributed by atoms with E-state index in [2.05, 4.69) is 11.4 Å². The number of ether oxygens (including phenoxy) is 1. The van der Waals surface area contributed by atoms with Gasteiger partial charge in [-0.05, 0) is 36.8 Å². The Morgan fingerprint density at radius 2 is 1.85 bits per heavy atom. The Bertz CT molecular complexity index is 810. The number of amides is 2. The largest absolute Gasteiger partial charge is 0.493 e. The van der Waals surface area contributed by atoms with Crippen LogP contribution in [0.2, 0.25) is 0 Å². The smallest absolute Gasteiger partial charge is 0.255 e. The van der Waals surface area contributed by atoms with Crippen LogP contribution in [0.3, 0.4) is 0 Å². The summed E-state index contributed by atoms with van der Waals surface area (Å²) in [4.78, 5) is 26.1. The molecule has 0 aliphatic carbocycles. The van der Waals surface area contributed by atoms with Crippen LogP contribution in [0.15, 0.2) is 48.5 Å². The number of nitriles is 1. The van der Waals surface area contributed by atoms with Crippen LogP contribution in [0.1, 0.15) is 28.4 Å². The molecular formula is C20H21N3O3. The zero-order valence-electron chi connectivity index (χ0n) is 14.9. The highest BCUT2D eigenvalue weighted by Crippen LogP contribution is 2.17. The van der Waals surface area contributed by atoms with Crippen LogP contribution < -0.4 is 10.1 Å². The molecule has 2 aromatic carbocycles. The third kappa shape index (κ3) is 5.08. The highest BCUT2D eigenvalue weighted by molar-refractivity contribution is 5.98. The number of carbonyl (C=O) groups excluding carboxylic acids is 2. The second-order valence-corrected chi connectivity index (χ2v) is 5.67. The maximum atomic E-state index is 12.3. The number of nitrogens with one attached hydrogen (secondary N) is 1. The number of nitrogens with zero attached hydrogens (tertiary/aromatic N) is 2. The van der Waals surface area contributed by atoms with E-state index in [0.717, 1.165) is 5.56 Å². The van der Waals surface area contributed by atoms with Gasteiger partial charge in [-0.3, -0.25) is 9.59 Å². The van der Waals surface area contributed by atoms with Crippen molar-refractivity contribution in [3.63, 3.8) is 0 Å². The van der Waals surface area contributed by atoms with Crippen LogP contribution in [-0.4, -0.2) is 36.9 Å². The van der Waals surface area contributed by atoms with Gasteiger partial charge in [0.2, 0.25) is 5.91 Å². The summed E-state index contributed by atoms with van der Waals surface area (Å²) in [6, 6.07) is 16.0. The summed E-state index contributed by atoms with van der Waals surface area (Å²) in [6.45, 7) is 2.59. The molecule has 0 atom stereocenters. The van der Waals surface area contributed by atoms with Gasteiger partial charge in [0.05, 0.1) is 30.3 Å². The van der Waals surface area contributed by atoms with Gasteiger partial charge in [-0.25, -0.2) is 0 Å². The molecule has 0 saturated carbocycles. The molecule has 2 aromatic rings. The van der Waals surface area contributed by atoms with Gasteiger partial charge in [0.15, 0.2) is 0 Å². The molecule has 0 aromatic heterocycles. The molecule has 134 valence electrons. The van der Waals surface area contributed by atoms with Crippen LogP contribution in [0.25, 0.3) is 0 Å². The molecule has 0 heterocycles. The third-order valence-electron chi connectivity index (χ3n) is 3.76. The molecule has 0 unspecified atom stereocenters. The van der Waals surface area contributed by atoms with Crippen LogP contribution in [-0.2, 0) is 11.3 Å². The predicted octanol–water partition coefficient (Wildman–Crippen LogP) is 2.35. The van der Waals surface area contributed by atoms with Crippen LogP contribution in [0.4, 0.5) is 0 Å². The average molecular weight is 351 g/mol. The van der Waals surface area contributed by atoms with Crippen molar-refractivity contribution in [2.24, 2.45) is 0 Å². The lowest BCUT2D eigenvalue weighted by molar-refractivity contribution is -0.129. The van der Waals surface area contributed by atoms with Crippen molar-refractivity contribution in [3.05, 3.63) is 65.2 Å². The summed E-state index contributed by atoms with van der Waals surface area (Å²) in [5, 5.41) is 11.4. The molecule has 0 fully saturated rings. The number of para-hydroxylation sites is 1. The Hall–Kier alpha value is -3.33. The molecule has 1 N–H and O–H groups in total. The van der Waals surface area contributed by atoms with Gasteiger partial charge >= 0.3 is 0 Å². The molecule has 0 radical (unpaired) electrons. The molecular weight excluding hydrogens is 330 g/mol. The fourth-order valence-corrected chi connectivity index (χ4v) is 2.37. The fourth-order valence-electron chi connectivity index (χ4n) is 2.37. The van der Waals surface area contributed by atoms with Crippen molar-refractivity contribution in [1.29, 1.82) is 5.26 Å². The third-order valence-corrected chi connectivity index (χ3v) is 3.76. The minimum Gasteiger partial charge on any atom is -0.493 e. The maximum Gasteiger partial charge on any atom is 0.255 e. The summed E-state index contributed by atoms with van der Waals surface area (Å²) >= 11 is 0. The Balaban J connectivity index is 1.91. The standard InChI is InChI=1S/C20H21N3O3/c1-3-26-18-7-5-4-6-17(18)20(25)22-13-19(24)23(2)14-16-10-8-15(12-21)9-11-16/h4-11H,3,13-14H2,1-2H3,(H,22,25). The van der Waals surface area contributed by atoms with E-state index in [4.69, 9.17) is 10.00 Å². The molecule has 0 aliphatic rings. The molecule has 6 heteroatoms. The molecule has 0 saturated heterocycles. The fraction of sp³-hybridized carbons (Fsp3) is 0.250. The van der Waals surface area contributed by atoms with E-state index in [0.29, 0.717) is 30.0 Å². The first-order chi connectivity index (χ1) is 12.5. The lowest BCUT2D eigenvalue weighted by atomic mass is 10.1. The van der Waals surface area contributed by atoms with Crippen molar-refractivity contribution >= 4 is 11.8 Å². The number of hydrogen-bond acceptors (Lipinski definition) is 4. The number of carbonyl (C=O) groups is 2. The number of hydrogen-bond donors (Lipinski definition) is 1. The lowest BCUT2D eigenvalue weighted by Crippen LogP contribution is -2.37. The van der Waals surface area contributed by atoms with Crippen LogP contribution >= 0.6 is 0 Å². The molecule has 2 rings (SSSR count). The normalized spacial score (nSPS) is 9.88. The van der Waals surface area contributed by atoms with Crippen molar-refractivity contribution in [2.75, 3.05) is 20.2 Å². The van der Waals surface area contributed by atoms with Crippen molar-refractivity contribution < 1.29 is 14.3 Å². The summed E-state index contributed by atoms with van der Waals surface area (Å²) in [7, 11) is 1.67. The van der Waals surface area contributed by atoms with Crippen LogP contribution in [0, 0.1) is 11.3 Å². The molecule has 2 amide bonds. The maximum absolute atomic E-state index is 12.3. The highest BCUT2D eigenvalue weighted by Gasteiger charge is 2.15. The van der Waals surface area contributed by atoms with E-state index in [1.54, 1.807) is 55.6 Å². The van der Waals surface area contributed by atoms with Gasteiger partial charge in [-0.15, -0.1) is 0 Å². The van der Waals surface area contributed by atoms with Gasteiger partial charge in [0, 0.05) is 13.6 Å². The van der Waals surface area contributed by atoms with Crippen LogP contribution in [0.5, 0.6) is 5.75 Å². The first kappa shape index (κ1) is 19.0. The molecule has 0 aliphatic heterocycles. The summed E-state index contributed by atoms with van der Waals surface area (Å²) in [5.41, 5.74) is 1.88. The lowest BCUT2D eigenvalue weighted by Gasteiger charge is -2.18. The van der Waals surface area contributed by atoms with E-state index >= 15 is 0 Å². The van der Waals surface area contributed by atoms with E-state index in [-0.39, 0.29) is 18.4 Å². The average Bonchev–Trinajstić information content (AvgIpc) is 2.67. The predicted molar refractivity (Wildman–Crippen MR) is 97.6 cm³/mol. The van der Waals surface area contributed by atoms with Crippen molar-refractivity contribution in [2.45, 2.75) is 13.5 Å². The first-order valence-electron chi connectivity index (χ1n) is 8.28. The van der Waals surface area contributed by atoms with Gasteiger partial charge in [-0.1, -0.05) is 24.3 Å². The van der Waals surface area contributed by atoms with Crippen molar-refractivity contribution in [1.82, 2.24) is 10.2 Å². The van der Waals surface area contributed by atoms with Crippen molar-refractivity contribution in [3.8, 4) is 11.8 Å². The molecule has 6 nitrogen and oxygen atoms in total. The Kier molecular flexibility index (Phi) is 6.75. The summed E-state index contributed by atoms with van der Waals surface area (Å²) in [6.07, 6.45) is 0. The van der Waals surface area contributed by atoms with Gasteiger partial charge in [0.1, 0.15) is 5.75 Å². The second kappa shape index (κ2) is 9.23. The van der Waals surface area contributed by atoms with Gasteiger partial charge < -0.3 is 15.0 Å².